The third-order valence-electron chi connectivity index (χ3n) is 3.09. The number of rotatable bonds is 5. The second kappa shape index (κ2) is 5.25. The third kappa shape index (κ3) is 2.68. The normalized spacial score (nSPS) is 11.9. The molecule has 0 radical (unpaired) electrons. The Kier molecular flexibility index (Phi) is 3.82. The lowest BCUT2D eigenvalue weighted by Crippen LogP contribution is -2.24. The highest BCUT2D eigenvalue weighted by atomic mass is 32.2. The van der Waals surface area contributed by atoms with Crippen LogP contribution in [0.25, 0.3) is 0 Å². The standard InChI is InChI=1S/C11H18N6O2S/c1-4-17-7-10(15-8(17)2)20(18,19)14-6-9-5-13-16(3)11(9)12/h5,7,14H,4,6,12H2,1-3H3. The van der Waals surface area contributed by atoms with E-state index in [9.17, 15) is 8.42 Å². The number of nitrogens with zero attached hydrogens (tertiary/aromatic N) is 4. The van der Waals surface area contributed by atoms with Crippen molar-refractivity contribution in [2.24, 2.45) is 7.05 Å². The summed E-state index contributed by atoms with van der Waals surface area (Å²) in [7, 11) is -1.96. The van der Waals surface area contributed by atoms with Crippen LogP contribution in [0.2, 0.25) is 0 Å². The molecule has 0 unspecified atom stereocenters. The molecule has 0 saturated heterocycles. The molecule has 0 bridgehead atoms. The molecule has 0 fully saturated rings. The van der Waals surface area contributed by atoms with Crippen LogP contribution in [0.4, 0.5) is 5.82 Å². The fourth-order valence-corrected chi connectivity index (χ4v) is 2.82. The predicted molar refractivity (Wildman–Crippen MR) is 74.3 cm³/mol. The molecule has 0 aliphatic heterocycles. The van der Waals surface area contributed by atoms with Crippen LogP contribution in [0.1, 0.15) is 18.3 Å². The van der Waals surface area contributed by atoms with Crippen LogP contribution in [0.3, 0.4) is 0 Å². The maximum absolute atomic E-state index is 12.2. The van der Waals surface area contributed by atoms with Gasteiger partial charge in [0.2, 0.25) is 0 Å². The molecule has 0 aliphatic rings. The van der Waals surface area contributed by atoms with E-state index >= 15 is 0 Å². The van der Waals surface area contributed by atoms with E-state index in [4.69, 9.17) is 5.73 Å². The molecule has 3 N–H and O–H groups in total. The van der Waals surface area contributed by atoms with Crippen LogP contribution in [-0.2, 0) is 30.2 Å². The molecule has 9 heteroatoms. The Labute approximate surface area is 117 Å². The van der Waals surface area contributed by atoms with Crippen LogP contribution in [-0.4, -0.2) is 27.7 Å². The first-order valence-corrected chi connectivity index (χ1v) is 7.63. The van der Waals surface area contributed by atoms with Crippen molar-refractivity contribution >= 4 is 15.8 Å². The van der Waals surface area contributed by atoms with Crippen molar-refractivity contribution in [3.8, 4) is 0 Å². The van der Waals surface area contributed by atoms with E-state index in [2.05, 4.69) is 14.8 Å². The van der Waals surface area contributed by atoms with E-state index in [1.165, 1.54) is 17.1 Å². The first-order valence-electron chi connectivity index (χ1n) is 6.15. The van der Waals surface area contributed by atoms with E-state index in [1.807, 2.05) is 6.92 Å². The maximum atomic E-state index is 12.2. The number of imidazole rings is 1. The Morgan fingerprint density at radius 3 is 2.65 bits per heavy atom. The summed E-state index contributed by atoms with van der Waals surface area (Å²) in [5.41, 5.74) is 6.39. The zero-order valence-corrected chi connectivity index (χ0v) is 12.5. The molecule has 0 atom stereocenters. The molecule has 2 aromatic rings. The van der Waals surface area contributed by atoms with Gasteiger partial charge in [0.15, 0.2) is 5.03 Å². The summed E-state index contributed by atoms with van der Waals surface area (Å²) in [6, 6.07) is 0. The fourth-order valence-electron chi connectivity index (χ4n) is 1.80. The van der Waals surface area contributed by atoms with E-state index in [-0.39, 0.29) is 11.6 Å². The maximum Gasteiger partial charge on any atom is 0.259 e. The molecule has 110 valence electrons. The van der Waals surface area contributed by atoms with Gasteiger partial charge in [-0.05, 0) is 13.8 Å². The SMILES string of the molecule is CCn1cc(S(=O)(=O)NCc2cnn(C)c2N)nc1C. The number of anilines is 1. The Bertz CT molecular complexity index is 715. The molecule has 0 spiro atoms. The lowest BCUT2D eigenvalue weighted by molar-refractivity contribution is 0.578. The number of nitrogens with two attached hydrogens (primary N) is 1. The molecule has 2 rings (SSSR count). The van der Waals surface area contributed by atoms with Crippen LogP contribution in [0, 0.1) is 6.92 Å². The molecule has 0 aromatic carbocycles. The van der Waals surface area contributed by atoms with Gasteiger partial charge >= 0.3 is 0 Å². The summed E-state index contributed by atoms with van der Waals surface area (Å²) in [4.78, 5) is 4.05. The van der Waals surface area contributed by atoms with Gasteiger partial charge in [0, 0.05) is 31.9 Å². The molecule has 0 saturated carbocycles. The van der Waals surface area contributed by atoms with Crippen LogP contribution >= 0.6 is 0 Å². The zero-order chi connectivity index (χ0) is 14.9. The lowest BCUT2D eigenvalue weighted by atomic mass is 10.3. The Morgan fingerprint density at radius 1 is 1.45 bits per heavy atom. The number of sulfonamides is 1. The van der Waals surface area contributed by atoms with E-state index in [0.717, 1.165) is 0 Å². The molecule has 20 heavy (non-hydrogen) atoms. The topological polar surface area (TPSA) is 108 Å². The highest BCUT2D eigenvalue weighted by Crippen LogP contribution is 2.12. The number of nitrogen functional groups attached to an aromatic ring is 1. The van der Waals surface area contributed by atoms with E-state index < -0.39 is 10.0 Å². The molecule has 8 nitrogen and oxygen atoms in total. The molecule has 2 aromatic heterocycles. The first-order chi connectivity index (χ1) is 9.35. The van der Waals surface area contributed by atoms with Crippen molar-refractivity contribution in [2.75, 3.05) is 5.73 Å². The number of aromatic nitrogens is 4. The number of nitrogens with one attached hydrogen (secondary N) is 1. The van der Waals surface area contributed by atoms with Crippen LogP contribution in [0.15, 0.2) is 17.4 Å². The Hall–Kier alpha value is -1.87. The van der Waals surface area contributed by atoms with Crippen molar-refractivity contribution in [3.05, 3.63) is 23.8 Å². The summed E-state index contributed by atoms with van der Waals surface area (Å²) in [6.45, 7) is 4.44. The molecule has 2 heterocycles. The summed E-state index contributed by atoms with van der Waals surface area (Å²) >= 11 is 0. The molecular weight excluding hydrogens is 280 g/mol. The minimum absolute atomic E-state index is 0.0133. The lowest BCUT2D eigenvalue weighted by Gasteiger charge is -2.03. The average Bonchev–Trinajstić information content (AvgIpc) is 2.93. The highest BCUT2D eigenvalue weighted by molar-refractivity contribution is 7.89. The average molecular weight is 298 g/mol. The Balaban J connectivity index is 2.17. The number of hydrogen-bond donors (Lipinski definition) is 2. The van der Waals surface area contributed by atoms with E-state index in [0.29, 0.717) is 23.8 Å². The van der Waals surface area contributed by atoms with Gasteiger partial charge in [-0.1, -0.05) is 0 Å². The van der Waals surface area contributed by atoms with Crippen molar-refractivity contribution in [3.63, 3.8) is 0 Å². The fraction of sp³-hybridized carbons (Fsp3) is 0.455. The van der Waals surface area contributed by atoms with Crippen LogP contribution < -0.4 is 10.5 Å². The van der Waals surface area contributed by atoms with Gasteiger partial charge in [0.1, 0.15) is 11.6 Å². The van der Waals surface area contributed by atoms with Gasteiger partial charge in [-0.2, -0.15) is 5.10 Å². The van der Waals surface area contributed by atoms with Gasteiger partial charge in [-0.25, -0.2) is 18.1 Å². The van der Waals surface area contributed by atoms with Crippen molar-refractivity contribution in [1.82, 2.24) is 24.1 Å². The second-order valence-corrected chi connectivity index (χ2v) is 6.13. The van der Waals surface area contributed by atoms with Gasteiger partial charge < -0.3 is 10.3 Å². The summed E-state index contributed by atoms with van der Waals surface area (Å²) < 4.78 is 30.0. The second-order valence-electron chi connectivity index (χ2n) is 4.42. The zero-order valence-electron chi connectivity index (χ0n) is 11.7. The summed E-state index contributed by atoms with van der Waals surface area (Å²) in [5.74, 6) is 1.09. The van der Waals surface area contributed by atoms with Crippen molar-refractivity contribution < 1.29 is 8.42 Å². The Morgan fingerprint density at radius 2 is 2.15 bits per heavy atom. The van der Waals surface area contributed by atoms with Gasteiger partial charge in [0.05, 0.1) is 6.20 Å². The summed E-state index contributed by atoms with van der Waals surface area (Å²) in [6.07, 6.45) is 3.05. The van der Waals surface area contributed by atoms with Crippen LogP contribution in [0.5, 0.6) is 0 Å². The first kappa shape index (κ1) is 14.5. The van der Waals surface area contributed by atoms with Crippen molar-refractivity contribution in [2.45, 2.75) is 32.0 Å². The van der Waals surface area contributed by atoms with Crippen molar-refractivity contribution in [1.29, 1.82) is 0 Å². The molecular formula is C11H18N6O2S. The smallest absolute Gasteiger partial charge is 0.259 e. The number of hydrogen-bond acceptors (Lipinski definition) is 5. The third-order valence-corrected chi connectivity index (χ3v) is 4.36. The summed E-state index contributed by atoms with van der Waals surface area (Å²) in [5, 5.41) is 3.97. The van der Waals surface area contributed by atoms with E-state index in [1.54, 1.807) is 18.5 Å². The monoisotopic (exact) mass is 298 g/mol. The van der Waals surface area contributed by atoms with Gasteiger partial charge in [0.25, 0.3) is 10.0 Å². The minimum Gasteiger partial charge on any atom is -0.384 e. The minimum atomic E-state index is -3.65. The largest absolute Gasteiger partial charge is 0.384 e. The molecule has 0 aliphatic carbocycles. The highest BCUT2D eigenvalue weighted by Gasteiger charge is 2.19. The van der Waals surface area contributed by atoms with Gasteiger partial charge in [-0.15, -0.1) is 0 Å². The predicted octanol–water partition coefficient (Wildman–Crippen LogP) is 0.00562. The quantitative estimate of drug-likeness (QED) is 0.808. The van der Waals surface area contributed by atoms with Gasteiger partial charge in [-0.3, -0.25) is 4.68 Å². The number of aryl methyl sites for hydroxylation is 3. The molecule has 0 amide bonds.